The smallest absolute Gasteiger partial charge is 0.324 e. The van der Waals surface area contributed by atoms with Gasteiger partial charge < -0.3 is 5.73 Å². The second-order valence-corrected chi connectivity index (χ2v) is 5.10. The van der Waals surface area contributed by atoms with Crippen molar-refractivity contribution in [2.24, 2.45) is 11.7 Å². The summed E-state index contributed by atoms with van der Waals surface area (Å²) < 4.78 is 51.1. The summed E-state index contributed by atoms with van der Waals surface area (Å²) in [5.74, 6) is -1.08. The van der Waals surface area contributed by atoms with Crippen LogP contribution in [0.2, 0.25) is 0 Å². The summed E-state index contributed by atoms with van der Waals surface area (Å²) in [6, 6.07) is 2.56. The molecule has 0 aromatic heterocycles. The molecule has 0 fully saturated rings. The van der Waals surface area contributed by atoms with Gasteiger partial charge in [-0.1, -0.05) is 32.8 Å². The van der Waals surface area contributed by atoms with Crippen molar-refractivity contribution in [3.05, 3.63) is 35.1 Å². The van der Waals surface area contributed by atoms with Crippen LogP contribution in [-0.2, 0) is 6.18 Å². The van der Waals surface area contributed by atoms with Gasteiger partial charge in [0.05, 0.1) is 5.56 Å². The molecule has 1 aromatic rings. The lowest BCUT2D eigenvalue weighted by molar-refractivity contribution is -0.140. The molecule has 0 spiro atoms. The van der Waals surface area contributed by atoms with Gasteiger partial charge in [0.25, 0.3) is 0 Å². The number of hydrogen-bond donors (Lipinski definition) is 1. The van der Waals surface area contributed by atoms with E-state index in [0.717, 1.165) is 37.8 Å². The first-order valence-corrected chi connectivity index (χ1v) is 6.93. The van der Waals surface area contributed by atoms with Crippen LogP contribution in [-0.4, -0.2) is 0 Å². The van der Waals surface area contributed by atoms with Gasteiger partial charge in [-0.2, -0.15) is 13.2 Å². The first kappa shape index (κ1) is 17.0. The van der Waals surface area contributed by atoms with Crippen molar-refractivity contribution >= 4 is 0 Å². The maximum Gasteiger partial charge on any atom is 0.419 e. The van der Waals surface area contributed by atoms with Crippen molar-refractivity contribution < 1.29 is 17.6 Å². The van der Waals surface area contributed by atoms with Crippen molar-refractivity contribution in [1.82, 2.24) is 0 Å². The maximum absolute atomic E-state index is 13.6. The molecular weight excluding hydrogens is 270 g/mol. The normalized spacial score (nSPS) is 13.8. The highest BCUT2D eigenvalue weighted by Gasteiger charge is 2.34. The minimum absolute atomic E-state index is 0.168. The van der Waals surface area contributed by atoms with Gasteiger partial charge in [-0.05, 0) is 36.5 Å². The van der Waals surface area contributed by atoms with Crippen LogP contribution in [0.3, 0.4) is 0 Å². The molecular formula is C15H21F4N. The lowest BCUT2D eigenvalue weighted by Crippen LogP contribution is -2.22. The minimum atomic E-state index is -4.67. The Morgan fingerprint density at radius 2 is 1.65 bits per heavy atom. The zero-order valence-corrected chi connectivity index (χ0v) is 11.8. The predicted octanol–water partition coefficient (Wildman–Crippen LogP) is 5.06. The molecule has 1 atom stereocenters. The van der Waals surface area contributed by atoms with E-state index in [9.17, 15) is 17.6 Å². The van der Waals surface area contributed by atoms with Crippen molar-refractivity contribution in [2.45, 2.75) is 51.7 Å². The van der Waals surface area contributed by atoms with E-state index in [1.165, 1.54) is 6.07 Å². The average molecular weight is 291 g/mol. The predicted molar refractivity (Wildman–Crippen MR) is 71.6 cm³/mol. The Morgan fingerprint density at radius 1 is 1.10 bits per heavy atom. The van der Waals surface area contributed by atoms with Gasteiger partial charge in [-0.25, -0.2) is 4.39 Å². The highest BCUT2D eigenvalue weighted by Crippen LogP contribution is 2.34. The third kappa shape index (κ3) is 4.20. The maximum atomic E-state index is 13.6. The summed E-state index contributed by atoms with van der Waals surface area (Å²) in [6.07, 6.45) is -1.00. The molecule has 0 aliphatic rings. The van der Waals surface area contributed by atoms with E-state index in [1.807, 2.05) is 13.8 Å². The molecule has 0 bridgehead atoms. The van der Waals surface area contributed by atoms with Crippen LogP contribution in [0.25, 0.3) is 0 Å². The molecule has 1 rings (SSSR count). The van der Waals surface area contributed by atoms with E-state index >= 15 is 0 Å². The number of nitrogens with two attached hydrogens (primary N) is 1. The Bertz CT molecular complexity index is 422. The molecule has 0 amide bonds. The highest BCUT2D eigenvalue weighted by molar-refractivity contribution is 5.28. The van der Waals surface area contributed by atoms with Gasteiger partial charge in [0.1, 0.15) is 5.82 Å². The third-order valence-corrected chi connectivity index (χ3v) is 3.51. The summed E-state index contributed by atoms with van der Waals surface area (Å²) in [5, 5.41) is 0. The summed E-state index contributed by atoms with van der Waals surface area (Å²) in [4.78, 5) is 0. The molecule has 5 heteroatoms. The SMILES string of the molecule is CCCC(CCC)C(N)c1ccc(C(F)(F)F)c(F)c1. The van der Waals surface area contributed by atoms with Gasteiger partial charge in [0.2, 0.25) is 0 Å². The Hall–Kier alpha value is -1.10. The Balaban J connectivity index is 2.99. The van der Waals surface area contributed by atoms with Crippen LogP contribution in [0.5, 0.6) is 0 Å². The molecule has 20 heavy (non-hydrogen) atoms. The van der Waals surface area contributed by atoms with Gasteiger partial charge in [0, 0.05) is 6.04 Å². The first-order valence-electron chi connectivity index (χ1n) is 6.93. The van der Waals surface area contributed by atoms with Gasteiger partial charge >= 0.3 is 6.18 Å². The topological polar surface area (TPSA) is 26.0 Å². The fourth-order valence-electron chi connectivity index (χ4n) is 2.49. The van der Waals surface area contributed by atoms with Crippen molar-refractivity contribution in [2.75, 3.05) is 0 Å². The van der Waals surface area contributed by atoms with Crippen molar-refractivity contribution in [3.63, 3.8) is 0 Å². The van der Waals surface area contributed by atoms with E-state index in [2.05, 4.69) is 0 Å². The molecule has 0 radical (unpaired) electrons. The first-order chi connectivity index (χ1) is 9.31. The largest absolute Gasteiger partial charge is 0.419 e. The lowest BCUT2D eigenvalue weighted by atomic mass is 9.86. The fourth-order valence-corrected chi connectivity index (χ4v) is 2.49. The number of rotatable bonds is 6. The van der Waals surface area contributed by atoms with Crippen LogP contribution in [0.1, 0.15) is 56.7 Å². The molecule has 0 aliphatic heterocycles. The van der Waals surface area contributed by atoms with Crippen molar-refractivity contribution in [1.29, 1.82) is 0 Å². The molecule has 0 heterocycles. The van der Waals surface area contributed by atoms with Crippen LogP contribution < -0.4 is 5.73 Å². The van der Waals surface area contributed by atoms with Crippen LogP contribution in [0, 0.1) is 11.7 Å². The Kier molecular flexibility index (Phi) is 5.99. The molecule has 0 saturated carbocycles. The van der Waals surface area contributed by atoms with E-state index in [4.69, 9.17) is 5.73 Å². The van der Waals surface area contributed by atoms with Gasteiger partial charge in [-0.15, -0.1) is 0 Å². The fraction of sp³-hybridized carbons (Fsp3) is 0.600. The number of hydrogen-bond acceptors (Lipinski definition) is 1. The Morgan fingerprint density at radius 3 is 2.05 bits per heavy atom. The second-order valence-electron chi connectivity index (χ2n) is 5.10. The number of benzene rings is 1. The zero-order valence-electron chi connectivity index (χ0n) is 11.8. The number of alkyl halides is 3. The van der Waals surface area contributed by atoms with E-state index in [1.54, 1.807) is 0 Å². The molecule has 0 saturated heterocycles. The van der Waals surface area contributed by atoms with Crippen LogP contribution >= 0.6 is 0 Å². The number of halogens is 4. The van der Waals surface area contributed by atoms with E-state index < -0.39 is 23.6 Å². The van der Waals surface area contributed by atoms with Gasteiger partial charge in [-0.3, -0.25) is 0 Å². The standard InChI is InChI=1S/C15H21F4N/c1-3-5-10(6-4-2)14(20)11-7-8-12(13(16)9-11)15(17,18)19/h7-10,14H,3-6,20H2,1-2H3. The summed E-state index contributed by atoms with van der Waals surface area (Å²) in [5.41, 5.74) is 5.28. The lowest BCUT2D eigenvalue weighted by Gasteiger charge is -2.24. The second kappa shape index (κ2) is 7.07. The molecule has 1 aromatic carbocycles. The average Bonchev–Trinajstić information content (AvgIpc) is 2.36. The third-order valence-electron chi connectivity index (χ3n) is 3.51. The van der Waals surface area contributed by atoms with E-state index in [0.29, 0.717) is 5.56 Å². The summed E-state index contributed by atoms with van der Waals surface area (Å²) in [6.45, 7) is 4.06. The minimum Gasteiger partial charge on any atom is -0.324 e. The molecule has 1 unspecified atom stereocenters. The molecule has 0 aliphatic carbocycles. The van der Waals surface area contributed by atoms with Crippen molar-refractivity contribution in [3.8, 4) is 0 Å². The molecule has 1 nitrogen and oxygen atoms in total. The van der Waals surface area contributed by atoms with E-state index in [-0.39, 0.29) is 5.92 Å². The quantitative estimate of drug-likeness (QED) is 0.728. The van der Waals surface area contributed by atoms with Gasteiger partial charge in [0.15, 0.2) is 0 Å². The molecule has 2 N–H and O–H groups in total. The Labute approximate surface area is 117 Å². The summed E-state index contributed by atoms with van der Waals surface area (Å²) >= 11 is 0. The summed E-state index contributed by atoms with van der Waals surface area (Å²) in [7, 11) is 0. The monoisotopic (exact) mass is 291 g/mol. The van der Waals surface area contributed by atoms with Crippen LogP contribution in [0.15, 0.2) is 18.2 Å². The highest BCUT2D eigenvalue weighted by atomic mass is 19.4. The van der Waals surface area contributed by atoms with Crippen LogP contribution in [0.4, 0.5) is 17.6 Å². The zero-order chi connectivity index (χ0) is 15.3. The molecule has 114 valence electrons.